The highest BCUT2D eigenvalue weighted by molar-refractivity contribution is 7.11. The maximum absolute atomic E-state index is 11.9. The minimum Gasteiger partial charge on any atom is -0.493 e. The van der Waals surface area contributed by atoms with Gasteiger partial charge in [0.15, 0.2) is 11.5 Å². The lowest BCUT2D eigenvalue weighted by Gasteiger charge is -2.11. The number of hydrogen-bond acceptors (Lipinski definition) is 5. The van der Waals surface area contributed by atoms with E-state index in [1.165, 1.54) is 0 Å². The standard InChI is InChI=1S/C15H19N3O3S/c1-9-14(22-10(2)17-9)8-16-15(19)18-11-5-6-12(20-3)13(7-11)21-4/h5-7H,8H2,1-4H3,(H2,16,18,19). The van der Waals surface area contributed by atoms with Gasteiger partial charge in [0.05, 0.1) is 31.5 Å². The maximum Gasteiger partial charge on any atom is 0.319 e. The number of carbonyl (C=O) groups excluding carboxylic acids is 1. The molecule has 0 radical (unpaired) electrons. The fourth-order valence-electron chi connectivity index (χ4n) is 1.99. The number of anilines is 1. The van der Waals surface area contributed by atoms with E-state index in [9.17, 15) is 4.79 Å². The van der Waals surface area contributed by atoms with Gasteiger partial charge in [0.1, 0.15) is 0 Å². The molecule has 1 aromatic heterocycles. The Morgan fingerprint density at radius 2 is 1.95 bits per heavy atom. The number of nitrogens with one attached hydrogen (secondary N) is 2. The third kappa shape index (κ3) is 3.88. The lowest BCUT2D eigenvalue weighted by atomic mass is 10.3. The molecule has 0 unspecified atom stereocenters. The number of carbonyl (C=O) groups is 1. The normalized spacial score (nSPS) is 10.2. The molecular weight excluding hydrogens is 302 g/mol. The second kappa shape index (κ2) is 7.13. The van der Waals surface area contributed by atoms with Crippen LogP contribution in [0, 0.1) is 13.8 Å². The summed E-state index contributed by atoms with van der Waals surface area (Å²) in [5.41, 5.74) is 1.58. The molecule has 0 aliphatic heterocycles. The van der Waals surface area contributed by atoms with Crippen LogP contribution in [0.3, 0.4) is 0 Å². The molecule has 6 nitrogen and oxygen atoms in total. The molecule has 1 heterocycles. The average molecular weight is 321 g/mol. The van der Waals surface area contributed by atoms with Gasteiger partial charge < -0.3 is 20.1 Å². The molecule has 2 N–H and O–H groups in total. The van der Waals surface area contributed by atoms with Gasteiger partial charge in [-0.05, 0) is 26.0 Å². The van der Waals surface area contributed by atoms with Crippen molar-refractivity contribution in [3.63, 3.8) is 0 Å². The van der Waals surface area contributed by atoms with Crippen LogP contribution >= 0.6 is 11.3 Å². The van der Waals surface area contributed by atoms with E-state index in [0.29, 0.717) is 23.7 Å². The topological polar surface area (TPSA) is 72.5 Å². The zero-order valence-electron chi connectivity index (χ0n) is 13.0. The van der Waals surface area contributed by atoms with Crippen molar-refractivity contribution in [2.24, 2.45) is 0 Å². The van der Waals surface area contributed by atoms with Crippen LogP contribution in [-0.4, -0.2) is 25.2 Å². The molecule has 0 saturated heterocycles. The van der Waals surface area contributed by atoms with Crippen LogP contribution in [0.25, 0.3) is 0 Å². The summed E-state index contributed by atoms with van der Waals surface area (Å²) in [7, 11) is 3.12. The second-order valence-corrected chi connectivity index (χ2v) is 5.91. The van der Waals surface area contributed by atoms with Gasteiger partial charge >= 0.3 is 6.03 Å². The van der Waals surface area contributed by atoms with Crippen LogP contribution in [0.5, 0.6) is 11.5 Å². The summed E-state index contributed by atoms with van der Waals surface area (Å²) < 4.78 is 10.4. The molecular formula is C15H19N3O3S. The van der Waals surface area contributed by atoms with Crippen LogP contribution in [0.4, 0.5) is 10.5 Å². The number of nitrogens with zero attached hydrogens (tertiary/aromatic N) is 1. The molecule has 1 aromatic carbocycles. The lowest BCUT2D eigenvalue weighted by Crippen LogP contribution is -2.28. The van der Waals surface area contributed by atoms with Gasteiger partial charge in [-0.25, -0.2) is 9.78 Å². The Hall–Kier alpha value is -2.28. The van der Waals surface area contributed by atoms with Crippen molar-refractivity contribution in [2.45, 2.75) is 20.4 Å². The first kappa shape index (κ1) is 16.1. The summed E-state index contributed by atoms with van der Waals surface area (Å²) in [6, 6.07) is 4.92. The van der Waals surface area contributed by atoms with E-state index in [0.717, 1.165) is 15.6 Å². The molecule has 0 fully saturated rings. The minimum atomic E-state index is -0.280. The van der Waals surface area contributed by atoms with Crippen LogP contribution < -0.4 is 20.1 Å². The number of aryl methyl sites for hydroxylation is 2. The van der Waals surface area contributed by atoms with Gasteiger partial charge in [0.2, 0.25) is 0 Å². The zero-order valence-corrected chi connectivity index (χ0v) is 13.8. The number of methoxy groups -OCH3 is 2. The van der Waals surface area contributed by atoms with Crippen molar-refractivity contribution in [1.29, 1.82) is 0 Å². The number of urea groups is 1. The molecule has 0 spiro atoms. The quantitative estimate of drug-likeness (QED) is 0.887. The van der Waals surface area contributed by atoms with Crippen molar-refractivity contribution in [3.05, 3.63) is 33.8 Å². The summed E-state index contributed by atoms with van der Waals surface area (Å²) in [5, 5.41) is 6.57. The summed E-state index contributed by atoms with van der Waals surface area (Å²) in [5.74, 6) is 1.18. The third-order valence-corrected chi connectivity index (χ3v) is 4.12. The van der Waals surface area contributed by atoms with Gasteiger partial charge in [-0.3, -0.25) is 0 Å². The number of benzene rings is 1. The van der Waals surface area contributed by atoms with Gasteiger partial charge in [-0.2, -0.15) is 0 Å². The highest BCUT2D eigenvalue weighted by atomic mass is 32.1. The fourth-order valence-corrected chi connectivity index (χ4v) is 2.86. The number of ether oxygens (including phenoxy) is 2. The highest BCUT2D eigenvalue weighted by Crippen LogP contribution is 2.29. The Morgan fingerprint density at radius 1 is 1.23 bits per heavy atom. The largest absolute Gasteiger partial charge is 0.493 e. The molecule has 0 aliphatic rings. The number of rotatable bonds is 5. The van der Waals surface area contributed by atoms with Crippen LogP contribution in [0.2, 0.25) is 0 Å². The lowest BCUT2D eigenvalue weighted by molar-refractivity contribution is 0.252. The average Bonchev–Trinajstić information content (AvgIpc) is 2.82. The highest BCUT2D eigenvalue weighted by Gasteiger charge is 2.09. The summed E-state index contributed by atoms with van der Waals surface area (Å²) >= 11 is 1.58. The van der Waals surface area contributed by atoms with E-state index < -0.39 is 0 Å². The molecule has 2 aromatic rings. The molecule has 2 amide bonds. The second-order valence-electron chi connectivity index (χ2n) is 4.62. The first-order valence-electron chi connectivity index (χ1n) is 6.73. The number of thiazole rings is 1. The van der Waals surface area contributed by atoms with E-state index in [4.69, 9.17) is 9.47 Å². The van der Waals surface area contributed by atoms with Crippen molar-refractivity contribution in [3.8, 4) is 11.5 Å². The Balaban J connectivity index is 1.96. The van der Waals surface area contributed by atoms with E-state index >= 15 is 0 Å². The summed E-state index contributed by atoms with van der Waals surface area (Å²) in [6.45, 7) is 4.34. The maximum atomic E-state index is 11.9. The molecule has 118 valence electrons. The van der Waals surface area contributed by atoms with Gasteiger partial charge in [-0.15, -0.1) is 11.3 Å². The zero-order chi connectivity index (χ0) is 16.1. The SMILES string of the molecule is COc1ccc(NC(=O)NCc2sc(C)nc2C)cc1OC. The third-order valence-electron chi connectivity index (χ3n) is 3.05. The molecule has 0 saturated carbocycles. The van der Waals surface area contributed by atoms with Gasteiger partial charge in [0.25, 0.3) is 0 Å². The molecule has 0 bridgehead atoms. The van der Waals surface area contributed by atoms with Crippen molar-refractivity contribution in [1.82, 2.24) is 10.3 Å². The monoisotopic (exact) mass is 321 g/mol. The Morgan fingerprint density at radius 3 is 2.55 bits per heavy atom. The molecule has 0 atom stereocenters. The van der Waals surface area contributed by atoms with Crippen LogP contribution in [0.15, 0.2) is 18.2 Å². The Bertz CT molecular complexity index is 670. The molecule has 7 heteroatoms. The van der Waals surface area contributed by atoms with Crippen molar-refractivity contribution >= 4 is 23.1 Å². The van der Waals surface area contributed by atoms with E-state index in [1.807, 2.05) is 13.8 Å². The van der Waals surface area contributed by atoms with E-state index in [2.05, 4.69) is 15.6 Å². The predicted molar refractivity (Wildman–Crippen MR) is 87.0 cm³/mol. The van der Waals surface area contributed by atoms with E-state index in [1.54, 1.807) is 43.8 Å². The minimum absolute atomic E-state index is 0.280. The Labute approximate surface area is 133 Å². The van der Waals surface area contributed by atoms with E-state index in [-0.39, 0.29) is 6.03 Å². The van der Waals surface area contributed by atoms with Crippen LogP contribution in [0.1, 0.15) is 15.6 Å². The molecule has 22 heavy (non-hydrogen) atoms. The van der Waals surface area contributed by atoms with Gasteiger partial charge in [-0.1, -0.05) is 0 Å². The van der Waals surface area contributed by atoms with Crippen LogP contribution in [-0.2, 0) is 6.54 Å². The summed E-state index contributed by atoms with van der Waals surface area (Å²) in [6.07, 6.45) is 0. The first-order chi connectivity index (χ1) is 10.5. The molecule has 2 rings (SSSR count). The van der Waals surface area contributed by atoms with Crippen molar-refractivity contribution < 1.29 is 14.3 Å². The fraction of sp³-hybridized carbons (Fsp3) is 0.333. The predicted octanol–water partition coefficient (Wildman–Crippen LogP) is 3.10. The van der Waals surface area contributed by atoms with Gasteiger partial charge in [0, 0.05) is 16.6 Å². The number of aromatic nitrogens is 1. The first-order valence-corrected chi connectivity index (χ1v) is 7.55. The molecule has 0 aliphatic carbocycles. The number of hydrogen-bond donors (Lipinski definition) is 2. The Kier molecular flexibility index (Phi) is 5.21. The number of amides is 2. The van der Waals surface area contributed by atoms with Crippen molar-refractivity contribution in [2.75, 3.05) is 19.5 Å². The summed E-state index contributed by atoms with van der Waals surface area (Å²) in [4.78, 5) is 17.3. The smallest absolute Gasteiger partial charge is 0.319 e.